The molecule has 5 heteroatoms. The molecular weight excluding hydrogens is 288 g/mol. The largest absolute Gasteiger partial charge is 0.310 e. The Morgan fingerprint density at radius 2 is 2.17 bits per heavy atom. The fraction of sp³-hybridized carbons (Fsp3) is 0.500. The van der Waals surface area contributed by atoms with Crippen LogP contribution in [0.5, 0.6) is 0 Å². The molecule has 0 aliphatic rings. The van der Waals surface area contributed by atoms with Crippen molar-refractivity contribution < 1.29 is 4.79 Å². The predicted molar refractivity (Wildman–Crippen MR) is 92.7 cm³/mol. The monoisotopic (exact) mass is 314 g/mol. The number of pyridine rings is 1. The molecule has 2 aromatic rings. The van der Waals surface area contributed by atoms with E-state index >= 15 is 0 Å². The maximum atomic E-state index is 12.5. The van der Waals surface area contributed by atoms with E-state index in [-0.39, 0.29) is 5.91 Å². The van der Waals surface area contributed by atoms with E-state index in [1.165, 1.54) is 6.42 Å². The quantitative estimate of drug-likeness (QED) is 0.744. The lowest BCUT2D eigenvalue weighted by Gasteiger charge is -2.19. The molecule has 0 saturated heterocycles. The molecule has 0 spiro atoms. The molecule has 0 fully saturated rings. The van der Waals surface area contributed by atoms with Gasteiger partial charge in [-0.2, -0.15) is 5.10 Å². The highest BCUT2D eigenvalue weighted by Gasteiger charge is 2.16. The topological polar surface area (TPSA) is 51.0 Å². The van der Waals surface area contributed by atoms with Gasteiger partial charge in [0, 0.05) is 19.2 Å². The molecule has 0 aliphatic carbocycles. The molecule has 2 aromatic heterocycles. The molecule has 0 radical (unpaired) electrons. The first-order valence-corrected chi connectivity index (χ1v) is 8.41. The van der Waals surface area contributed by atoms with Crippen molar-refractivity contribution in [1.29, 1.82) is 0 Å². The van der Waals surface area contributed by atoms with E-state index in [1.807, 2.05) is 25.3 Å². The number of hydrogen-bond acceptors (Lipinski definition) is 3. The molecular formula is C18H26N4O. The van der Waals surface area contributed by atoms with Gasteiger partial charge in [0.2, 0.25) is 5.91 Å². The van der Waals surface area contributed by atoms with E-state index in [9.17, 15) is 4.79 Å². The molecule has 23 heavy (non-hydrogen) atoms. The van der Waals surface area contributed by atoms with Crippen LogP contribution in [0.3, 0.4) is 0 Å². The zero-order chi connectivity index (χ0) is 16.7. The fourth-order valence-corrected chi connectivity index (χ4v) is 2.53. The maximum Gasteiger partial charge on any atom is 0.227 e. The minimum Gasteiger partial charge on any atom is -0.310 e. The third-order valence-electron chi connectivity index (χ3n) is 4.19. The van der Waals surface area contributed by atoms with Crippen molar-refractivity contribution in [2.24, 2.45) is 5.92 Å². The van der Waals surface area contributed by atoms with E-state index < -0.39 is 0 Å². The summed E-state index contributed by atoms with van der Waals surface area (Å²) >= 11 is 0. The third kappa shape index (κ3) is 4.65. The zero-order valence-electron chi connectivity index (χ0n) is 14.3. The number of carbonyl (C=O) groups excluding carboxylic acids is 1. The molecule has 0 aliphatic heterocycles. The van der Waals surface area contributed by atoms with E-state index in [1.54, 1.807) is 28.2 Å². The molecule has 2 rings (SSSR count). The molecule has 5 nitrogen and oxygen atoms in total. The summed E-state index contributed by atoms with van der Waals surface area (Å²) in [5.74, 6) is 0.854. The maximum absolute atomic E-state index is 12.5. The van der Waals surface area contributed by atoms with Gasteiger partial charge in [0.25, 0.3) is 0 Å². The summed E-state index contributed by atoms with van der Waals surface area (Å²) in [6.45, 7) is 7.08. The Hall–Kier alpha value is -2.17. The van der Waals surface area contributed by atoms with Gasteiger partial charge in [0.05, 0.1) is 30.0 Å². The number of carbonyl (C=O) groups is 1. The first-order valence-electron chi connectivity index (χ1n) is 8.41. The summed E-state index contributed by atoms with van der Waals surface area (Å²) in [5, 5.41) is 4.34. The lowest BCUT2D eigenvalue weighted by molar-refractivity contribution is -0.118. The van der Waals surface area contributed by atoms with Crippen LogP contribution in [0.25, 0.3) is 5.69 Å². The molecule has 0 aromatic carbocycles. The Morgan fingerprint density at radius 1 is 1.35 bits per heavy atom. The van der Waals surface area contributed by atoms with Gasteiger partial charge in [0.15, 0.2) is 0 Å². The number of hydrogen-bond donors (Lipinski definition) is 0. The molecule has 0 saturated carbocycles. The van der Waals surface area contributed by atoms with Crippen molar-refractivity contribution in [1.82, 2.24) is 14.8 Å². The second-order valence-corrected chi connectivity index (χ2v) is 5.90. The summed E-state index contributed by atoms with van der Waals surface area (Å²) in [6.07, 6.45) is 10.9. The molecule has 0 bridgehead atoms. The minimum absolute atomic E-state index is 0.168. The van der Waals surface area contributed by atoms with Gasteiger partial charge in [0.1, 0.15) is 0 Å². The number of amides is 1. The van der Waals surface area contributed by atoms with Crippen LogP contribution in [-0.2, 0) is 4.79 Å². The standard InChI is InChI=1S/C18H26N4O/c1-4-15(3)8-6-10-18(23)21(5-2)17-13-20-22(14-17)16-9-7-11-19-12-16/h7,9,11-15H,4-6,8,10H2,1-3H3. The van der Waals surface area contributed by atoms with Crippen molar-refractivity contribution in [2.45, 2.75) is 46.5 Å². The predicted octanol–water partition coefficient (Wildman–Crippen LogP) is 3.84. The summed E-state index contributed by atoms with van der Waals surface area (Å²) in [6, 6.07) is 3.81. The Bertz CT molecular complexity index is 608. The highest BCUT2D eigenvalue weighted by atomic mass is 16.2. The zero-order valence-corrected chi connectivity index (χ0v) is 14.3. The van der Waals surface area contributed by atoms with E-state index in [0.717, 1.165) is 24.2 Å². The fourth-order valence-electron chi connectivity index (χ4n) is 2.53. The molecule has 0 N–H and O–H groups in total. The second-order valence-electron chi connectivity index (χ2n) is 5.90. The van der Waals surface area contributed by atoms with Crippen molar-refractivity contribution in [3.8, 4) is 5.69 Å². The van der Waals surface area contributed by atoms with Crippen molar-refractivity contribution in [3.05, 3.63) is 36.9 Å². The van der Waals surface area contributed by atoms with E-state index in [2.05, 4.69) is 23.9 Å². The van der Waals surface area contributed by atoms with Gasteiger partial charge < -0.3 is 4.90 Å². The van der Waals surface area contributed by atoms with Crippen molar-refractivity contribution in [3.63, 3.8) is 0 Å². The van der Waals surface area contributed by atoms with E-state index in [0.29, 0.717) is 18.9 Å². The summed E-state index contributed by atoms with van der Waals surface area (Å²) in [7, 11) is 0. The Balaban J connectivity index is 2.00. The third-order valence-corrected chi connectivity index (χ3v) is 4.19. The Labute approximate surface area is 138 Å². The van der Waals surface area contributed by atoms with Crippen LogP contribution in [0, 0.1) is 5.92 Å². The Morgan fingerprint density at radius 3 is 2.83 bits per heavy atom. The molecule has 1 atom stereocenters. The van der Waals surface area contributed by atoms with Crippen LogP contribution < -0.4 is 4.90 Å². The highest BCUT2D eigenvalue weighted by molar-refractivity contribution is 5.93. The number of nitrogens with zero attached hydrogens (tertiary/aromatic N) is 4. The van der Waals surface area contributed by atoms with Gasteiger partial charge in [-0.15, -0.1) is 0 Å². The van der Waals surface area contributed by atoms with Crippen molar-refractivity contribution >= 4 is 11.6 Å². The van der Waals surface area contributed by atoms with Crippen LogP contribution in [-0.4, -0.2) is 27.2 Å². The highest BCUT2D eigenvalue weighted by Crippen LogP contribution is 2.18. The van der Waals surface area contributed by atoms with Gasteiger partial charge >= 0.3 is 0 Å². The average Bonchev–Trinajstić information content (AvgIpc) is 3.06. The van der Waals surface area contributed by atoms with Crippen LogP contribution >= 0.6 is 0 Å². The van der Waals surface area contributed by atoms with Crippen LogP contribution in [0.4, 0.5) is 5.69 Å². The smallest absolute Gasteiger partial charge is 0.227 e. The lowest BCUT2D eigenvalue weighted by Crippen LogP contribution is -2.30. The Kier molecular flexibility index (Phi) is 6.32. The van der Waals surface area contributed by atoms with Gasteiger partial charge in [-0.25, -0.2) is 4.68 Å². The van der Waals surface area contributed by atoms with Gasteiger partial charge in [-0.05, 0) is 31.4 Å². The number of rotatable bonds is 8. The van der Waals surface area contributed by atoms with Gasteiger partial charge in [-0.1, -0.05) is 26.7 Å². The number of aromatic nitrogens is 3. The average molecular weight is 314 g/mol. The molecule has 124 valence electrons. The van der Waals surface area contributed by atoms with Gasteiger partial charge in [-0.3, -0.25) is 9.78 Å². The lowest BCUT2D eigenvalue weighted by atomic mass is 10.0. The van der Waals surface area contributed by atoms with Crippen LogP contribution in [0.2, 0.25) is 0 Å². The van der Waals surface area contributed by atoms with E-state index in [4.69, 9.17) is 0 Å². The van der Waals surface area contributed by atoms with Crippen molar-refractivity contribution in [2.75, 3.05) is 11.4 Å². The molecule has 1 unspecified atom stereocenters. The second kappa shape index (κ2) is 8.46. The first-order chi connectivity index (χ1) is 11.2. The van der Waals surface area contributed by atoms with Crippen LogP contribution in [0.1, 0.15) is 46.5 Å². The first kappa shape index (κ1) is 17.2. The SMILES string of the molecule is CCC(C)CCCC(=O)N(CC)c1cnn(-c2cccnc2)c1. The normalized spacial score (nSPS) is 12.1. The minimum atomic E-state index is 0.168. The molecule has 2 heterocycles. The van der Waals surface area contributed by atoms with Crippen LogP contribution in [0.15, 0.2) is 36.9 Å². The summed E-state index contributed by atoms with van der Waals surface area (Å²) in [4.78, 5) is 18.4. The summed E-state index contributed by atoms with van der Waals surface area (Å²) in [5.41, 5.74) is 1.73. The molecule has 1 amide bonds. The number of anilines is 1. The summed E-state index contributed by atoms with van der Waals surface area (Å²) < 4.78 is 1.75.